The minimum absolute atomic E-state index is 0.270. The maximum Gasteiger partial charge on any atom is 0.335 e. The summed E-state index contributed by atoms with van der Waals surface area (Å²) in [6, 6.07) is 18.4. The number of aromatic carboxylic acids is 1. The van der Waals surface area contributed by atoms with Crippen LogP contribution in [0.4, 0.5) is 0 Å². The molecule has 3 rings (SSSR count). The molecule has 32 heavy (non-hydrogen) atoms. The summed E-state index contributed by atoms with van der Waals surface area (Å²) in [5.74, 6) is 0.563. The smallest absolute Gasteiger partial charge is 0.335 e. The maximum atomic E-state index is 11.1. The van der Waals surface area contributed by atoms with Crippen LogP contribution >= 0.6 is 0 Å². The van der Waals surface area contributed by atoms with Crippen LogP contribution in [0.2, 0.25) is 0 Å². The number of rotatable bonds is 14. The fraction of sp³-hybridized carbons (Fsp3) is 0.320. The lowest BCUT2D eigenvalue weighted by Crippen LogP contribution is -2.12. The first-order valence-electron chi connectivity index (χ1n) is 10.4. The first-order chi connectivity index (χ1) is 15.7. The molecular weight excluding hydrogens is 412 g/mol. The first-order valence-corrected chi connectivity index (χ1v) is 10.4. The van der Waals surface area contributed by atoms with Crippen molar-refractivity contribution in [2.45, 2.75) is 6.61 Å². The predicted octanol–water partition coefficient (Wildman–Crippen LogP) is 4.18. The topological polar surface area (TPSA) is 83.5 Å². The van der Waals surface area contributed by atoms with Crippen LogP contribution in [0.15, 0.2) is 60.7 Å². The lowest BCUT2D eigenvalue weighted by Gasteiger charge is -2.10. The number of hydrogen-bond donors (Lipinski definition) is 1. The summed E-state index contributed by atoms with van der Waals surface area (Å²) in [6.07, 6.45) is 0. The normalized spacial score (nSPS) is 10.9. The summed E-state index contributed by atoms with van der Waals surface area (Å²) < 4.78 is 27.2. The van der Waals surface area contributed by atoms with Gasteiger partial charge in [-0.05, 0) is 52.7 Å². The third kappa shape index (κ3) is 7.53. The summed E-state index contributed by atoms with van der Waals surface area (Å²) in [5, 5.41) is 10.9. The fourth-order valence-corrected chi connectivity index (χ4v) is 2.98. The molecule has 3 aromatic carbocycles. The van der Waals surface area contributed by atoms with Gasteiger partial charge in [-0.2, -0.15) is 0 Å². The molecule has 0 aliphatic rings. The Morgan fingerprint density at radius 1 is 0.719 bits per heavy atom. The van der Waals surface area contributed by atoms with Gasteiger partial charge in [0.2, 0.25) is 0 Å². The van der Waals surface area contributed by atoms with Crippen LogP contribution in [0.3, 0.4) is 0 Å². The lowest BCUT2D eigenvalue weighted by molar-refractivity contribution is 0.0180. The first kappa shape index (κ1) is 23.5. The van der Waals surface area contributed by atoms with Crippen molar-refractivity contribution in [3.05, 3.63) is 71.8 Å². The molecule has 7 nitrogen and oxygen atoms in total. The van der Waals surface area contributed by atoms with Crippen LogP contribution in [0.5, 0.6) is 11.5 Å². The van der Waals surface area contributed by atoms with E-state index in [2.05, 4.69) is 0 Å². The Bertz CT molecular complexity index is 985. The van der Waals surface area contributed by atoms with E-state index in [9.17, 15) is 4.79 Å². The van der Waals surface area contributed by atoms with E-state index in [0.717, 1.165) is 27.8 Å². The zero-order valence-corrected chi connectivity index (χ0v) is 18.1. The van der Waals surface area contributed by atoms with Crippen LogP contribution in [-0.2, 0) is 20.8 Å². The summed E-state index contributed by atoms with van der Waals surface area (Å²) >= 11 is 0. The van der Waals surface area contributed by atoms with Crippen LogP contribution in [0.25, 0.3) is 10.8 Å². The van der Waals surface area contributed by atoms with Gasteiger partial charge in [-0.1, -0.05) is 24.3 Å². The molecule has 170 valence electrons. The largest absolute Gasteiger partial charge is 0.491 e. The van der Waals surface area contributed by atoms with E-state index in [1.165, 1.54) is 0 Å². The van der Waals surface area contributed by atoms with Crippen molar-refractivity contribution >= 4 is 16.7 Å². The SMILES string of the molecule is COCCOCCOCCOc1ccc(COc2ccc3cc(C(=O)O)ccc3c2)cc1. The lowest BCUT2D eigenvalue weighted by atomic mass is 10.1. The molecule has 0 fully saturated rings. The van der Waals surface area contributed by atoms with Gasteiger partial charge in [-0.3, -0.25) is 0 Å². The van der Waals surface area contributed by atoms with E-state index >= 15 is 0 Å². The Hall–Kier alpha value is -3.13. The minimum atomic E-state index is -0.935. The second-order valence-corrected chi connectivity index (χ2v) is 7.03. The van der Waals surface area contributed by atoms with E-state index in [1.54, 1.807) is 25.3 Å². The number of methoxy groups -OCH3 is 1. The number of hydrogen-bond acceptors (Lipinski definition) is 6. The van der Waals surface area contributed by atoms with Crippen molar-refractivity contribution in [3.63, 3.8) is 0 Å². The van der Waals surface area contributed by atoms with Gasteiger partial charge in [0.1, 0.15) is 24.7 Å². The van der Waals surface area contributed by atoms with Crippen LogP contribution in [-0.4, -0.2) is 57.8 Å². The van der Waals surface area contributed by atoms with Crippen molar-refractivity contribution < 1.29 is 33.6 Å². The summed E-state index contributed by atoms with van der Waals surface area (Å²) in [6.45, 7) is 3.61. The molecule has 7 heteroatoms. The number of carboxylic acid groups (broad SMARTS) is 1. The Morgan fingerprint density at radius 3 is 2.06 bits per heavy atom. The van der Waals surface area contributed by atoms with Crippen molar-refractivity contribution in [3.8, 4) is 11.5 Å². The molecule has 1 N–H and O–H groups in total. The molecule has 0 aliphatic heterocycles. The molecule has 0 spiro atoms. The number of benzene rings is 3. The quantitative estimate of drug-likeness (QED) is 0.377. The third-order valence-corrected chi connectivity index (χ3v) is 4.69. The highest BCUT2D eigenvalue weighted by Gasteiger charge is 2.05. The molecule has 0 unspecified atom stereocenters. The maximum absolute atomic E-state index is 11.1. The zero-order chi connectivity index (χ0) is 22.6. The van der Waals surface area contributed by atoms with Crippen molar-refractivity contribution in [1.82, 2.24) is 0 Å². The average molecular weight is 440 g/mol. The summed E-state index contributed by atoms with van der Waals surface area (Å²) in [7, 11) is 1.64. The monoisotopic (exact) mass is 440 g/mol. The second-order valence-electron chi connectivity index (χ2n) is 7.03. The summed E-state index contributed by atoms with van der Waals surface area (Å²) in [5.41, 5.74) is 1.29. The highest BCUT2D eigenvalue weighted by molar-refractivity contribution is 5.94. The van der Waals surface area contributed by atoms with Crippen LogP contribution < -0.4 is 9.47 Å². The molecule has 0 aromatic heterocycles. The Morgan fingerprint density at radius 2 is 1.34 bits per heavy atom. The summed E-state index contributed by atoms with van der Waals surface area (Å²) in [4.78, 5) is 11.1. The number of carboxylic acids is 1. The molecular formula is C25H28O7. The van der Waals surface area contributed by atoms with Gasteiger partial charge < -0.3 is 28.8 Å². The number of carbonyl (C=O) groups is 1. The number of fused-ring (bicyclic) bond motifs is 1. The van der Waals surface area contributed by atoms with Crippen LogP contribution in [0.1, 0.15) is 15.9 Å². The molecule has 0 aliphatic carbocycles. The van der Waals surface area contributed by atoms with Gasteiger partial charge in [-0.15, -0.1) is 0 Å². The standard InChI is InChI=1S/C25H28O7/c1-28-10-11-29-12-13-30-14-15-31-23-7-2-19(3-8-23)18-32-24-9-6-20-16-22(25(26)27)5-4-21(20)17-24/h2-9,16-17H,10-15,18H2,1H3,(H,26,27). The third-order valence-electron chi connectivity index (χ3n) is 4.69. The molecule has 0 radical (unpaired) electrons. The van der Waals surface area contributed by atoms with Gasteiger partial charge >= 0.3 is 5.97 Å². The Labute approximate surface area is 187 Å². The van der Waals surface area contributed by atoms with Gasteiger partial charge in [-0.25, -0.2) is 4.79 Å². The molecule has 0 saturated carbocycles. The molecule has 0 saturated heterocycles. The minimum Gasteiger partial charge on any atom is -0.491 e. The highest BCUT2D eigenvalue weighted by Crippen LogP contribution is 2.23. The van der Waals surface area contributed by atoms with E-state index < -0.39 is 5.97 Å². The van der Waals surface area contributed by atoms with E-state index in [-0.39, 0.29) is 5.56 Å². The van der Waals surface area contributed by atoms with E-state index in [1.807, 2.05) is 42.5 Å². The Balaban J connectivity index is 1.38. The second kappa shape index (κ2) is 12.7. The fourth-order valence-electron chi connectivity index (χ4n) is 2.98. The van der Waals surface area contributed by atoms with Gasteiger partial charge in [0.05, 0.1) is 38.6 Å². The van der Waals surface area contributed by atoms with Crippen molar-refractivity contribution in [1.29, 1.82) is 0 Å². The molecule has 0 atom stereocenters. The Kier molecular flexibility index (Phi) is 9.31. The number of ether oxygens (including phenoxy) is 5. The van der Waals surface area contributed by atoms with E-state index in [0.29, 0.717) is 46.2 Å². The van der Waals surface area contributed by atoms with Gasteiger partial charge in [0.15, 0.2) is 0 Å². The molecule has 0 amide bonds. The van der Waals surface area contributed by atoms with Gasteiger partial charge in [0.25, 0.3) is 0 Å². The molecule has 0 heterocycles. The molecule has 3 aromatic rings. The van der Waals surface area contributed by atoms with Crippen LogP contribution in [0, 0.1) is 0 Å². The van der Waals surface area contributed by atoms with Crippen molar-refractivity contribution in [2.75, 3.05) is 46.8 Å². The predicted molar refractivity (Wildman–Crippen MR) is 121 cm³/mol. The van der Waals surface area contributed by atoms with E-state index in [4.69, 9.17) is 28.8 Å². The van der Waals surface area contributed by atoms with Crippen molar-refractivity contribution in [2.24, 2.45) is 0 Å². The zero-order valence-electron chi connectivity index (χ0n) is 18.1. The molecule has 0 bridgehead atoms. The highest BCUT2D eigenvalue weighted by atomic mass is 16.6. The average Bonchev–Trinajstić information content (AvgIpc) is 2.82. The van der Waals surface area contributed by atoms with Gasteiger partial charge in [0, 0.05) is 7.11 Å².